The van der Waals surface area contributed by atoms with Crippen LogP contribution in [0.2, 0.25) is 5.02 Å². The van der Waals surface area contributed by atoms with Crippen molar-refractivity contribution in [2.75, 3.05) is 13.1 Å². The second kappa shape index (κ2) is 7.13. The van der Waals surface area contributed by atoms with E-state index >= 15 is 0 Å². The topological polar surface area (TPSA) is 64.2 Å². The molecule has 1 aromatic heterocycles. The van der Waals surface area contributed by atoms with Gasteiger partial charge in [-0.1, -0.05) is 17.7 Å². The van der Waals surface area contributed by atoms with Crippen molar-refractivity contribution < 1.29 is 4.79 Å². The highest BCUT2D eigenvalue weighted by Gasteiger charge is 2.22. The van der Waals surface area contributed by atoms with Crippen molar-refractivity contribution in [2.45, 2.75) is 18.9 Å². The van der Waals surface area contributed by atoms with Gasteiger partial charge in [0.25, 0.3) is 5.91 Å². The van der Waals surface area contributed by atoms with Crippen LogP contribution in [-0.2, 0) is 0 Å². The predicted molar refractivity (Wildman–Crippen MR) is 88.9 cm³/mol. The molecule has 118 valence electrons. The quantitative estimate of drug-likeness (QED) is 0.913. The number of carbonyl (C=O) groups excluding carboxylic acids is 1. The summed E-state index contributed by atoms with van der Waals surface area (Å²) in [5.41, 5.74) is 7.29. The molecule has 2 aromatic rings. The van der Waals surface area contributed by atoms with E-state index in [0.29, 0.717) is 23.7 Å². The van der Waals surface area contributed by atoms with E-state index in [9.17, 15) is 4.79 Å². The van der Waals surface area contributed by atoms with Gasteiger partial charge in [-0.3, -0.25) is 4.79 Å². The number of nitrogens with zero attached hydrogens (tertiary/aromatic N) is 3. The van der Waals surface area contributed by atoms with Crippen LogP contribution >= 0.6 is 24.0 Å². The molecule has 1 fully saturated rings. The third kappa shape index (κ3) is 3.61. The van der Waals surface area contributed by atoms with Crippen molar-refractivity contribution in [3.63, 3.8) is 0 Å². The minimum Gasteiger partial charge on any atom is -0.338 e. The molecule has 0 saturated carbocycles. The summed E-state index contributed by atoms with van der Waals surface area (Å²) in [6, 6.07) is 7.57. The van der Waals surface area contributed by atoms with E-state index in [-0.39, 0.29) is 24.4 Å². The van der Waals surface area contributed by atoms with E-state index in [1.165, 1.54) is 0 Å². The van der Waals surface area contributed by atoms with Crippen LogP contribution in [0.1, 0.15) is 23.2 Å². The molecular formula is C15H18Cl2N4O. The van der Waals surface area contributed by atoms with Gasteiger partial charge < -0.3 is 10.6 Å². The Morgan fingerprint density at radius 3 is 2.73 bits per heavy atom. The molecule has 0 aliphatic carbocycles. The summed E-state index contributed by atoms with van der Waals surface area (Å²) >= 11 is 5.97. The van der Waals surface area contributed by atoms with Crippen LogP contribution in [0.15, 0.2) is 36.7 Å². The molecule has 22 heavy (non-hydrogen) atoms. The summed E-state index contributed by atoms with van der Waals surface area (Å²) in [6.45, 7) is 1.42. The van der Waals surface area contributed by atoms with Crippen molar-refractivity contribution >= 4 is 29.9 Å². The van der Waals surface area contributed by atoms with Crippen LogP contribution in [-0.4, -0.2) is 39.7 Å². The number of likely N-dealkylation sites (tertiary alicyclic amines) is 1. The Labute approximate surface area is 140 Å². The first-order chi connectivity index (χ1) is 10.1. The summed E-state index contributed by atoms with van der Waals surface area (Å²) in [7, 11) is 0. The van der Waals surface area contributed by atoms with Gasteiger partial charge in [0.15, 0.2) is 0 Å². The smallest absolute Gasteiger partial charge is 0.257 e. The Hall–Kier alpha value is -1.56. The van der Waals surface area contributed by atoms with Crippen LogP contribution < -0.4 is 5.73 Å². The van der Waals surface area contributed by atoms with E-state index in [4.69, 9.17) is 17.3 Å². The Kier molecular flexibility index (Phi) is 5.45. The molecule has 0 radical (unpaired) electrons. The van der Waals surface area contributed by atoms with Gasteiger partial charge in [0.05, 0.1) is 17.4 Å². The lowest BCUT2D eigenvalue weighted by molar-refractivity contribution is 0.0715. The largest absolute Gasteiger partial charge is 0.338 e. The molecular weight excluding hydrogens is 323 g/mol. The lowest BCUT2D eigenvalue weighted by Crippen LogP contribution is -2.42. The van der Waals surface area contributed by atoms with Crippen molar-refractivity contribution in [3.8, 4) is 5.69 Å². The number of aromatic nitrogens is 2. The maximum Gasteiger partial charge on any atom is 0.257 e. The molecule has 0 spiro atoms. The van der Waals surface area contributed by atoms with Gasteiger partial charge in [-0.05, 0) is 31.0 Å². The monoisotopic (exact) mass is 340 g/mol. The lowest BCUT2D eigenvalue weighted by Gasteiger charge is -2.29. The van der Waals surface area contributed by atoms with Crippen LogP contribution in [0.25, 0.3) is 5.69 Å². The predicted octanol–water partition coefficient (Wildman–Crippen LogP) is 2.51. The van der Waals surface area contributed by atoms with E-state index < -0.39 is 0 Å². The molecule has 0 atom stereocenters. The Morgan fingerprint density at radius 1 is 1.32 bits per heavy atom. The third-order valence-electron chi connectivity index (χ3n) is 3.73. The fourth-order valence-electron chi connectivity index (χ4n) is 2.48. The van der Waals surface area contributed by atoms with Crippen molar-refractivity contribution in [1.29, 1.82) is 0 Å². The van der Waals surface area contributed by atoms with Crippen LogP contribution in [0.4, 0.5) is 0 Å². The third-order valence-corrected chi connectivity index (χ3v) is 3.96. The second-order valence-corrected chi connectivity index (χ2v) is 5.72. The number of carbonyl (C=O) groups is 1. The molecule has 1 saturated heterocycles. The highest BCUT2D eigenvalue weighted by atomic mass is 35.5. The van der Waals surface area contributed by atoms with Gasteiger partial charge in [0.1, 0.15) is 0 Å². The number of hydrogen-bond donors (Lipinski definition) is 1. The molecule has 7 heteroatoms. The first-order valence-corrected chi connectivity index (χ1v) is 7.37. The zero-order valence-corrected chi connectivity index (χ0v) is 13.6. The Bertz CT molecular complexity index is 650. The summed E-state index contributed by atoms with van der Waals surface area (Å²) in [5, 5.41) is 4.88. The lowest BCUT2D eigenvalue weighted by atomic mass is 10.1. The van der Waals surface area contributed by atoms with Crippen LogP contribution in [0.5, 0.6) is 0 Å². The molecule has 5 nitrogen and oxygen atoms in total. The minimum absolute atomic E-state index is 0. The van der Waals surface area contributed by atoms with Crippen LogP contribution in [0.3, 0.4) is 0 Å². The number of halogens is 2. The molecule has 2 heterocycles. The highest BCUT2D eigenvalue weighted by Crippen LogP contribution is 2.16. The number of rotatable bonds is 2. The number of hydrogen-bond acceptors (Lipinski definition) is 3. The summed E-state index contributed by atoms with van der Waals surface area (Å²) in [6.07, 6.45) is 5.04. The highest BCUT2D eigenvalue weighted by molar-refractivity contribution is 6.30. The Balaban J connectivity index is 0.00000176. The van der Waals surface area contributed by atoms with Crippen molar-refractivity contribution in [2.24, 2.45) is 5.73 Å². The Morgan fingerprint density at radius 2 is 2.05 bits per heavy atom. The number of amides is 1. The molecule has 3 rings (SSSR count). The van der Waals surface area contributed by atoms with Gasteiger partial charge in [0.2, 0.25) is 0 Å². The number of nitrogens with two attached hydrogens (primary N) is 1. The zero-order valence-electron chi connectivity index (χ0n) is 12.0. The molecule has 1 amide bonds. The molecule has 1 aromatic carbocycles. The van der Waals surface area contributed by atoms with Gasteiger partial charge in [-0.15, -0.1) is 12.4 Å². The maximum absolute atomic E-state index is 12.4. The second-order valence-electron chi connectivity index (χ2n) is 5.28. The molecule has 1 aliphatic heterocycles. The molecule has 2 N–H and O–H groups in total. The van der Waals surface area contributed by atoms with E-state index in [2.05, 4.69) is 5.10 Å². The van der Waals surface area contributed by atoms with Gasteiger partial charge in [0, 0.05) is 30.4 Å². The molecule has 0 unspecified atom stereocenters. The first-order valence-electron chi connectivity index (χ1n) is 6.99. The maximum atomic E-state index is 12.4. The summed E-state index contributed by atoms with van der Waals surface area (Å²) in [5.74, 6) is 0.00942. The average Bonchev–Trinajstić information content (AvgIpc) is 2.97. The summed E-state index contributed by atoms with van der Waals surface area (Å²) in [4.78, 5) is 14.3. The minimum atomic E-state index is 0. The van der Waals surface area contributed by atoms with Gasteiger partial charge in [-0.2, -0.15) is 5.10 Å². The SMILES string of the molecule is Cl.NC1CCN(C(=O)c2cnn(-c3cccc(Cl)c3)c2)CC1. The van der Waals surface area contributed by atoms with E-state index in [1.807, 2.05) is 23.1 Å². The number of piperidine rings is 1. The van der Waals surface area contributed by atoms with Crippen molar-refractivity contribution in [3.05, 3.63) is 47.2 Å². The normalized spacial score (nSPS) is 15.5. The van der Waals surface area contributed by atoms with Gasteiger partial charge >= 0.3 is 0 Å². The van der Waals surface area contributed by atoms with E-state index in [1.54, 1.807) is 23.1 Å². The van der Waals surface area contributed by atoms with Crippen molar-refractivity contribution in [1.82, 2.24) is 14.7 Å². The average molecular weight is 341 g/mol. The summed E-state index contributed by atoms with van der Waals surface area (Å²) < 4.78 is 1.66. The van der Waals surface area contributed by atoms with Gasteiger partial charge in [-0.25, -0.2) is 4.68 Å². The fourth-order valence-corrected chi connectivity index (χ4v) is 2.66. The fraction of sp³-hybridized carbons (Fsp3) is 0.333. The first kappa shape index (κ1) is 16.8. The van der Waals surface area contributed by atoms with Crippen LogP contribution in [0, 0.1) is 0 Å². The van der Waals surface area contributed by atoms with E-state index in [0.717, 1.165) is 18.5 Å². The standard InChI is InChI=1S/C15H17ClN4O.ClH/c16-12-2-1-3-14(8-12)20-10-11(9-18-20)15(21)19-6-4-13(17)5-7-19;/h1-3,8-10,13H,4-7,17H2;1H. The molecule has 1 aliphatic rings. The zero-order chi connectivity index (χ0) is 14.8. The molecule has 0 bridgehead atoms. The number of benzene rings is 1.